The summed E-state index contributed by atoms with van der Waals surface area (Å²) < 4.78 is 11.8. The van der Waals surface area contributed by atoms with E-state index in [1.807, 2.05) is 0 Å². The van der Waals surface area contributed by atoms with E-state index in [-0.39, 0.29) is 25.3 Å². The minimum atomic E-state index is -0.529. The van der Waals surface area contributed by atoms with Crippen LogP contribution >= 0.6 is 0 Å². The van der Waals surface area contributed by atoms with E-state index in [9.17, 15) is 14.4 Å². The van der Waals surface area contributed by atoms with Crippen molar-refractivity contribution in [3.05, 3.63) is 68.4 Å². The third kappa shape index (κ3) is 3.34. The van der Waals surface area contributed by atoms with Gasteiger partial charge in [-0.2, -0.15) is 0 Å². The zero-order valence-electron chi connectivity index (χ0n) is 16.3. The predicted molar refractivity (Wildman–Crippen MR) is 110 cm³/mol. The summed E-state index contributed by atoms with van der Waals surface area (Å²) in [4.78, 5) is 40.8. The Morgan fingerprint density at radius 3 is 2.70 bits per heavy atom. The molecule has 1 aromatic heterocycles. The van der Waals surface area contributed by atoms with Crippen molar-refractivity contribution in [2.24, 2.45) is 0 Å². The highest BCUT2D eigenvalue weighted by Gasteiger charge is 2.19. The number of amides is 1. The van der Waals surface area contributed by atoms with Gasteiger partial charge in [0.25, 0.3) is 11.5 Å². The highest BCUT2D eigenvalue weighted by Crippen LogP contribution is 2.32. The largest absolute Gasteiger partial charge is 0.454 e. The first-order valence-corrected chi connectivity index (χ1v) is 10.0. The first-order chi connectivity index (χ1) is 14.6. The second-order valence-corrected chi connectivity index (χ2v) is 7.72. The number of H-pyrrole nitrogens is 1. The molecule has 154 valence electrons. The number of hydrogen-bond acceptors (Lipinski definition) is 5. The van der Waals surface area contributed by atoms with Gasteiger partial charge in [-0.25, -0.2) is 4.79 Å². The van der Waals surface area contributed by atoms with Gasteiger partial charge in [0.05, 0.1) is 17.4 Å². The number of rotatable bonds is 4. The third-order valence-electron chi connectivity index (χ3n) is 5.71. The molecule has 0 atom stereocenters. The maximum absolute atomic E-state index is 12.9. The van der Waals surface area contributed by atoms with E-state index in [0.717, 1.165) is 35.8 Å². The van der Waals surface area contributed by atoms with Crippen molar-refractivity contribution >= 4 is 16.8 Å². The lowest BCUT2D eigenvalue weighted by atomic mass is 10.1. The zero-order valence-corrected chi connectivity index (χ0v) is 16.3. The van der Waals surface area contributed by atoms with Gasteiger partial charge >= 0.3 is 5.69 Å². The monoisotopic (exact) mass is 407 g/mol. The average molecular weight is 407 g/mol. The molecule has 1 saturated carbocycles. The van der Waals surface area contributed by atoms with Crippen LogP contribution in [0, 0.1) is 0 Å². The molecule has 1 aliphatic heterocycles. The van der Waals surface area contributed by atoms with Crippen LogP contribution in [0.15, 0.2) is 46.0 Å². The third-order valence-corrected chi connectivity index (χ3v) is 5.71. The van der Waals surface area contributed by atoms with Gasteiger partial charge < -0.3 is 19.8 Å². The molecule has 0 bridgehead atoms. The molecular formula is C22H21N3O5. The van der Waals surface area contributed by atoms with Crippen molar-refractivity contribution in [2.75, 3.05) is 6.79 Å². The number of fused-ring (bicyclic) bond motifs is 2. The summed E-state index contributed by atoms with van der Waals surface area (Å²) in [5, 5.41) is 3.37. The SMILES string of the molecule is O=C(NC1CCCC1)c1ccc2c(=O)n(Cc3ccc4c(c3)OCO4)c(=O)[nH]c2c1. The normalized spacial score (nSPS) is 15.6. The van der Waals surface area contributed by atoms with E-state index in [1.165, 1.54) is 0 Å². The van der Waals surface area contributed by atoms with Crippen molar-refractivity contribution in [2.45, 2.75) is 38.3 Å². The first kappa shape index (κ1) is 18.5. The molecule has 2 aromatic carbocycles. The van der Waals surface area contributed by atoms with Crippen LogP contribution in [0.3, 0.4) is 0 Å². The smallest absolute Gasteiger partial charge is 0.329 e. The molecule has 2 heterocycles. The Balaban J connectivity index is 1.45. The highest BCUT2D eigenvalue weighted by molar-refractivity contribution is 5.97. The molecule has 8 heteroatoms. The van der Waals surface area contributed by atoms with E-state index in [4.69, 9.17) is 9.47 Å². The molecule has 8 nitrogen and oxygen atoms in total. The van der Waals surface area contributed by atoms with Crippen molar-refractivity contribution < 1.29 is 14.3 Å². The molecule has 1 amide bonds. The minimum absolute atomic E-state index is 0.102. The first-order valence-electron chi connectivity index (χ1n) is 10.0. The van der Waals surface area contributed by atoms with E-state index in [2.05, 4.69) is 10.3 Å². The molecular weight excluding hydrogens is 386 g/mol. The van der Waals surface area contributed by atoms with E-state index in [0.29, 0.717) is 28.0 Å². The Morgan fingerprint density at radius 2 is 1.87 bits per heavy atom. The molecule has 0 radical (unpaired) electrons. The summed E-state index contributed by atoms with van der Waals surface area (Å²) in [6, 6.07) is 10.3. The van der Waals surface area contributed by atoms with Crippen molar-refractivity contribution in [1.82, 2.24) is 14.9 Å². The summed E-state index contributed by atoms with van der Waals surface area (Å²) in [7, 11) is 0. The zero-order chi connectivity index (χ0) is 20.7. The van der Waals surface area contributed by atoms with Gasteiger partial charge in [-0.1, -0.05) is 18.9 Å². The van der Waals surface area contributed by atoms with Crippen molar-refractivity contribution in [1.29, 1.82) is 0 Å². The molecule has 1 fully saturated rings. The predicted octanol–water partition coefficient (Wildman–Crippen LogP) is 2.14. The van der Waals surface area contributed by atoms with Gasteiger partial charge in [0.15, 0.2) is 11.5 Å². The molecule has 3 aromatic rings. The molecule has 1 aliphatic carbocycles. The summed E-state index contributed by atoms with van der Waals surface area (Å²) >= 11 is 0. The van der Waals surface area contributed by atoms with E-state index in [1.54, 1.807) is 36.4 Å². The Bertz CT molecular complexity index is 1250. The van der Waals surface area contributed by atoms with Gasteiger partial charge in [-0.15, -0.1) is 0 Å². The van der Waals surface area contributed by atoms with Crippen LogP contribution < -0.4 is 26.0 Å². The van der Waals surface area contributed by atoms with Crippen LogP contribution in [0.2, 0.25) is 0 Å². The Labute approximate surface area is 171 Å². The topological polar surface area (TPSA) is 102 Å². The summed E-state index contributed by atoms with van der Waals surface area (Å²) in [6.07, 6.45) is 4.22. The average Bonchev–Trinajstić information content (AvgIpc) is 3.42. The molecule has 2 N–H and O–H groups in total. The number of nitrogens with zero attached hydrogens (tertiary/aromatic N) is 1. The van der Waals surface area contributed by atoms with Crippen LogP contribution in [0.1, 0.15) is 41.6 Å². The van der Waals surface area contributed by atoms with Crippen molar-refractivity contribution in [3.63, 3.8) is 0 Å². The van der Waals surface area contributed by atoms with Crippen LogP contribution in [0.4, 0.5) is 0 Å². The molecule has 2 aliphatic rings. The number of nitrogens with one attached hydrogen (secondary N) is 2. The second-order valence-electron chi connectivity index (χ2n) is 7.72. The number of carbonyl (C=O) groups is 1. The molecule has 0 spiro atoms. The highest BCUT2D eigenvalue weighted by atomic mass is 16.7. The molecule has 5 rings (SSSR count). The summed E-state index contributed by atoms with van der Waals surface area (Å²) in [6.45, 7) is 0.261. The fraction of sp³-hybridized carbons (Fsp3) is 0.318. The maximum atomic E-state index is 12.9. The van der Waals surface area contributed by atoms with Crippen LogP contribution in [0.25, 0.3) is 10.9 Å². The van der Waals surface area contributed by atoms with Crippen LogP contribution in [-0.2, 0) is 6.54 Å². The second kappa shape index (κ2) is 7.37. The van der Waals surface area contributed by atoms with Crippen LogP contribution in [0.5, 0.6) is 11.5 Å². The minimum Gasteiger partial charge on any atom is -0.454 e. The number of aromatic amines is 1. The Kier molecular flexibility index (Phi) is 4.54. The number of aromatic nitrogens is 2. The van der Waals surface area contributed by atoms with Gasteiger partial charge in [0, 0.05) is 11.6 Å². The number of ether oxygens (including phenoxy) is 2. The quantitative estimate of drug-likeness (QED) is 0.690. The van der Waals surface area contributed by atoms with E-state index < -0.39 is 11.2 Å². The number of benzene rings is 2. The Hall–Kier alpha value is -3.55. The summed E-state index contributed by atoms with van der Waals surface area (Å²) in [5.74, 6) is 1.05. The number of carbonyl (C=O) groups excluding carboxylic acids is 1. The van der Waals surface area contributed by atoms with Crippen LogP contribution in [-0.4, -0.2) is 28.3 Å². The van der Waals surface area contributed by atoms with Gasteiger partial charge in [-0.3, -0.25) is 14.2 Å². The standard InChI is InChI=1S/C22H21N3O5/c26-20(23-15-3-1-2-4-15)14-6-7-16-17(10-14)24-22(28)25(21(16)27)11-13-5-8-18-19(9-13)30-12-29-18/h5-10,15H,1-4,11-12H2,(H,23,26)(H,24,28). The molecule has 0 saturated heterocycles. The number of hydrogen-bond donors (Lipinski definition) is 2. The van der Waals surface area contributed by atoms with Gasteiger partial charge in [0.1, 0.15) is 0 Å². The lowest BCUT2D eigenvalue weighted by molar-refractivity contribution is 0.0938. The lowest BCUT2D eigenvalue weighted by Crippen LogP contribution is -2.36. The fourth-order valence-corrected chi connectivity index (χ4v) is 4.10. The maximum Gasteiger partial charge on any atom is 0.329 e. The molecule has 30 heavy (non-hydrogen) atoms. The Morgan fingerprint density at radius 1 is 1.07 bits per heavy atom. The van der Waals surface area contributed by atoms with Crippen molar-refractivity contribution in [3.8, 4) is 11.5 Å². The lowest BCUT2D eigenvalue weighted by Gasteiger charge is -2.12. The van der Waals surface area contributed by atoms with Gasteiger partial charge in [0.2, 0.25) is 6.79 Å². The van der Waals surface area contributed by atoms with Gasteiger partial charge in [-0.05, 0) is 48.7 Å². The fourth-order valence-electron chi connectivity index (χ4n) is 4.10. The summed E-state index contributed by atoms with van der Waals surface area (Å²) in [5.41, 5.74) is 0.593. The molecule has 0 unspecified atom stereocenters. The van der Waals surface area contributed by atoms with E-state index >= 15 is 0 Å².